The van der Waals surface area contributed by atoms with E-state index >= 15 is 0 Å². The summed E-state index contributed by atoms with van der Waals surface area (Å²) in [7, 11) is 1.82. The van der Waals surface area contributed by atoms with E-state index in [0.717, 1.165) is 31.6 Å². The van der Waals surface area contributed by atoms with Crippen LogP contribution in [0.1, 0.15) is 35.8 Å². The van der Waals surface area contributed by atoms with Crippen LogP contribution in [-0.2, 0) is 6.54 Å². The minimum absolute atomic E-state index is 0.0448. The molecule has 0 spiro atoms. The zero-order valence-electron chi connectivity index (χ0n) is 10.9. The smallest absolute Gasteiger partial charge is 0.257 e. The Labute approximate surface area is 103 Å². The number of carbonyl (C=O) groups is 1. The van der Waals surface area contributed by atoms with Gasteiger partial charge in [-0.05, 0) is 26.3 Å². The van der Waals surface area contributed by atoms with E-state index in [1.165, 1.54) is 0 Å². The number of aryl methyl sites for hydroxylation is 1. The SMILES string of the molecule is CCCN(C)C(=O)c1cnn(CCCN)c1C. The molecule has 1 rings (SSSR count). The molecule has 5 nitrogen and oxygen atoms in total. The molecule has 0 aliphatic heterocycles. The van der Waals surface area contributed by atoms with Crippen molar-refractivity contribution in [1.29, 1.82) is 0 Å². The molecule has 1 amide bonds. The van der Waals surface area contributed by atoms with Gasteiger partial charge in [0.15, 0.2) is 0 Å². The van der Waals surface area contributed by atoms with Crippen LogP contribution in [0.5, 0.6) is 0 Å². The quantitative estimate of drug-likeness (QED) is 0.805. The summed E-state index contributed by atoms with van der Waals surface area (Å²) in [6, 6.07) is 0. The van der Waals surface area contributed by atoms with Crippen molar-refractivity contribution < 1.29 is 4.79 Å². The Morgan fingerprint density at radius 2 is 2.29 bits per heavy atom. The van der Waals surface area contributed by atoms with Gasteiger partial charge in [0.25, 0.3) is 5.91 Å². The molecule has 96 valence electrons. The van der Waals surface area contributed by atoms with E-state index in [1.807, 2.05) is 18.7 Å². The topological polar surface area (TPSA) is 64.2 Å². The monoisotopic (exact) mass is 238 g/mol. The Balaban J connectivity index is 2.77. The Morgan fingerprint density at radius 3 is 2.88 bits per heavy atom. The van der Waals surface area contributed by atoms with Gasteiger partial charge in [-0.2, -0.15) is 5.10 Å². The maximum Gasteiger partial charge on any atom is 0.257 e. The minimum Gasteiger partial charge on any atom is -0.342 e. The van der Waals surface area contributed by atoms with Gasteiger partial charge in [-0.3, -0.25) is 9.48 Å². The van der Waals surface area contributed by atoms with Crippen molar-refractivity contribution in [3.05, 3.63) is 17.5 Å². The third kappa shape index (κ3) is 3.30. The van der Waals surface area contributed by atoms with Gasteiger partial charge in [0.2, 0.25) is 0 Å². The molecule has 0 aliphatic carbocycles. The van der Waals surface area contributed by atoms with Crippen molar-refractivity contribution in [2.45, 2.75) is 33.2 Å². The molecule has 0 bridgehead atoms. The highest BCUT2D eigenvalue weighted by Gasteiger charge is 2.17. The van der Waals surface area contributed by atoms with Crippen molar-refractivity contribution in [2.75, 3.05) is 20.1 Å². The number of rotatable bonds is 6. The largest absolute Gasteiger partial charge is 0.342 e. The molecule has 0 saturated carbocycles. The van der Waals surface area contributed by atoms with E-state index in [1.54, 1.807) is 11.1 Å². The van der Waals surface area contributed by atoms with E-state index in [2.05, 4.69) is 12.0 Å². The van der Waals surface area contributed by atoms with Crippen LogP contribution in [0, 0.1) is 6.92 Å². The lowest BCUT2D eigenvalue weighted by Crippen LogP contribution is -2.27. The van der Waals surface area contributed by atoms with Gasteiger partial charge in [-0.15, -0.1) is 0 Å². The second-order valence-corrected chi connectivity index (χ2v) is 4.24. The predicted octanol–water partition coefficient (Wildman–Crippen LogP) is 1.02. The van der Waals surface area contributed by atoms with Crippen molar-refractivity contribution in [3.63, 3.8) is 0 Å². The molecule has 1 aromatic rings. The van der Waals surface area contributed by atoms with Crippen LogP contribution in [0.4, 0.5) is 0 Å². The Kier molecular flexibility index (Phi) is 5.15. The summed E-state index contributed by atoms with van der Waals surface area (Å²) in [6.07, 6.45) is 3.49. The highest BCUT2D eigenvalue weighted by molar-refractivity contribution is 5.94. The lowest BCUT2D eigenvalue weighted by molar-refractivity contribution is 0.0794. The summed E-state index contributed by atoms with van der Waals surface area (Å²) in [5.41, 5.74) is 7.08. The van der Waals surface area contributed by atoms with Crippen LogP contribution in [-0.4, -0.2) is 40.7 Å². The third-order valence-electron chi connectivity index (χ3n) is 2.81. The number of nitrogens with zero attached hydrogens (tertiary/aromatic N) is 3. The van der Waals surface area contributed by atoms with Gasteiger partial charge in [0.1, 0.15) is 0 Å². The van der Waals surface area contributed by atoms with Crippen LogP contribution in [0.25, 0.3) is 0 Å². The van der Waals surface area contributed by atoms with Crippen LogP contribution in [0.2, 0.25) is 0 Å². The number of carbonyl (C=O) groups excluding carboxylic acids is 1. The molecule has 17 heavy (non-hydrogen) atoms. The summed E-state index contributed by atoms with van der Waals surface area (Å²) in [5.74, 6) is 0.0448. The molecule has 0 saturated heterocycles. The first-order valence-corrected chi connectivity index (χ1v) is 6.09. The van der Waals surface area contributed by atoms with E-state index in [0.29, 0.717) is 12.1 Å². The fourth-order valence-corrected chi connectivity index (χ4v) is 1.77. The maximum absolute atomic E-state index is 12.1. The van der Waals surface area contributed by atoms with Crippen LogP contribution < -0.4 is 5.73 Å². The van der Waals surface area contributed by atoms with Crippen molar-refractivity contribution >= 4 is 5.91 Å². The summed E-state index contributed by atoms with van der Waals surface area (Å²) >= 11 is 0. The predicted molar refractivity (Wildman–Crippen MR) is 67.9 cm³/mol. The fourth-order valence-electron chi connectivity index (χ4n) is 1.77. The van der Waals surface area contributed by atoms with Crippen molar-refractivity contribution in [1.82, 2.24) is 14.7 Å². The van der Waals surface area contributed by atoms with Crippen molar-refractivity contribution in [3.8, 4) is 0 Å². The van der Waals surface area contributed by atoms with Crippen molar-refractivity contribution in [2.24, 2.45) is 5.73 Å². The number of aromatic nitrogens is 2. The highest BCUT2D eigenvalue weighted by atomic mass is 16.2. The summed E-state index contributed by atoms with van der Waals surface area (Å²) in [4.78, 5) is 13.8. The fraction of sp³-hybridized carbons (Fsp3) is 0.667. The second kappa shape index (κ2) is 6.39. The first-order chi connectivity index (χ1) is 8.11. The molecule has 5 heteroatoms. The first-order valence-electron chi connectivity index (χ1n) is 6.09. The van der Waals surface area contributed by atoms with Gasteiger partial charge in [0.05, 0.1) is 11.8 Å². The molecular formula is C12H22N4O. The van der Waals surface area contributed by atoms with Gasteiger partial charge in [0, 0.05) is 25.8 Å². The molecular weight excluding hydrogens is 216 g/mol. The lowest BCUT2D eigenvalue weighted by atomic mass is 10.2. The summed E-state index contributed by atoms with van der Waals surface area (Å²) < 4.78 is 1.85. The molecule has 0 unspecified atom stereocenters. The first kappa shape index (κ1) is 13.7. The number of hydrogen-bond donors (Lipinski definition) is 1. The normalized spacial score (nSPS) is 10.6. The maximum atomic E-state index is 12.1. The molecule has 0 atom stereocenters. The molecule has 1 aromatic heterocycles. The standard InChI is InChI=1S/C12H22N4O/c1-4-7-15(3)12(17)11-9-14-16(10(11)2)8-5-6-13/h9H,4-8,13H2,1-3H3. The Bertz CT molecular complexity index is 373. The zero-order valence-corrected chi connectivity index (χ0v) is 10.9. The van der Waals surface area contributed by atoms with Gasteiger partial charge in [-0.1, -0.05) is 6.92 Å². The average Bonchev–Trinajstić information content (AvgIpc) is 2.67. The molecule has 0 fully saturated rings. The second-order valence-electron chi connectivity index (χ2n) is 4.24. The summed E-state index contributed by atoms with van der Waals surface area (Å²) in [6.45, 7) is 6.16. The summed E-state index contributed by atoms with van der Waals surface area (Å²) in [5, 5.41) is 4.23. The van der Waals surface area contributed by atoms with Crippen LogP contribution >= 0.6 is 0 Å². The van der Waals surface area contributed by atoms with Gasteiger partial charge < -0.3 is 10.6 Å². The molecule has 1 heterocycles. The van der Waals surface area contributed by atoms with Crippen LogP contribution in [0.15, 0.2) is 6.20 Å². The highest BCUT2D eigenvalue weighted by Crippen LogP contribution is 2.10. The molecule has 0 radical (unpaired) electrons. The van der Waals surface area contributed by atoms with E-state index in [9.17, 15) is 4.79 Å². The Hall–Kier alpha value is -1.36. The van der Waals surface area contributed by atoms with E-state index in [-0.39, 0.29) is 5.91 Å². The molecule has 2 N–H and O–H groups in total. The number of nitrogens with two attached hydrogens (primary N) is 1. The molecule has 0 aliphatic rings. The third-order valence-corrected chi connectivity index (χ3v) is 2.81. The molecule has 0 aromatic carbocycles. The minimum atomic E-state index is 0.0448. The Morgan fingerprint density at radius 1 is 1.59 bits per heavy atom. The van der Waals surface area contributed by atoms with E-state index in [4.69, 9.17) is 5.73 Å². The van der Waals surface area contributed by atoms with Crippen LogP contribution in [0.3, 0.4) is 0 Å². The lowest BCUT2D eigenvalue weighted by Gasteiger charge is -2.15. The average molecular weight is 238 g/mol. The number of amides is 1. The number of hydrogen-bond acceptors (Lipinski definition) is 3. The van der Waals surface area contributed by atoms with Gasteiger partial charge >= 0.3 is 0 Å². The zero-order chi connectivity index (χ0) is 12.8. The van der Waals surface area contributed by atoms with Gasteiger partial charge in [-0.25, -0.2) is 0 Å². The van der Waals surface area contributed by atoms with E-state index < -0.39 is 0 Å².